The van der Waals surface area contributed by atoms with Crippen LogP contribution in [0.15, 0.2) is 24.3 Å². The second-order valence-electron chi connectivity index (χ2n) is 7.58. The molecule has 0 bridgehead atoms. The molecule has 1 heterocycles. The van der Waals surface area contributed by atoms with Crippen LogP contribution in [0, 0.1) is 11.8 Å². The average molecular weight is 336 g/mol. The quantitative estimate of drug-likeness (QED) is 0.832. The predicted octanol–water partition coefficient (Wildman–Crippen LogP) is 4.84. The van der Waals surface area contributed by atoms with Crippen LogP contribution in [0.4, 0.5) is 0 Å². The Labute approximate surface area is 145 Å². The summed E-state index contributed by atoms with van der Waals surface area (Å²) in [5.41, 5.74) is 0.327. The van der Waals surface area contributed by atoms with E-state index in [-0.39, 0.29) is 5.92 Å². The Balaban J connectivity index is 1.86. The number of hydrogen-bond donors (Lipinski definition) is 1. The summed E-state index contributed by atoms with van der Waals surface area (Å²) in [5, 5.41) is 12.6. The van der Waals surface area contributed by atoms with Gasteiger partial charge in [-0.25, -0.2) is 0 Å². The Morgan fingerprint density at radius 1 is 1.09 bits per heavy atom. The third-order valence-electron chi connectivity index (χ3n) is 6.02. The van der Waals surface area contributed by atoms with E-state index in [0.717, 1.165) is 30.0 Å². The average Bonchev–Trinajstić information content (AvgIpc) is 3.08. The number of halogens is 1. The lowest BCUT2D eigenvalue weighted by atomic mass is 9.67. The molecule has 2 fully saturated rings. The first-order valence-electron chi connectivity index (χ1n) is 9.31. The molecule has 128 valence electrons. The summed E-state index contributed by atoms with van der Waals surface area (Å²) in [6.45, 7) is 5.61. The molecule has 0 amide bonds. The molecule has 1 aromatic rings. The van der Waals surface area contributed by atoms with E-state index in [4.69, 9.17) is 11.6 Å². The van der Waals surface area contributed by atoms with Crippen molar-refractivity contribution >= 4 is 11.6 Å². The summed E-state index contributed by atoms with van der Waals surface area (Å²) in [6, 6.07) is 7.93. The van der Waals surface area contributed by atoms with Crippen molar-refractivity contribution in [3.05, 3.63) is 34.9 Å². The van der Waals surface area contributed by atoms with Crippen molar-refractivity contribution in [2.24, 2.45) is 11.8 Å². The van der Waals surface area contributed by atoms with Crippen LogP contribution in [0.2, 0.25) is 5.02 Å². The molecule has 1 saturated heterocycles. The van der Waals surface area contributed by atoms with Gasteiger partial charge in [-0.1, -0.05) is 49.9 Å². The molecule has 3 heteroatoms. The summed E-state index contributed by atoms with van der Waals surface area (Å²) in [6.07, 6.45) is 8.69. The van der Waals surface area contributed by atoms with Gasteiger partial charge in [0.15, 0.2) is 0 Å². The van der Waals surface area contributed by atoms with Gasteiger partial charge in [-0.05, 0) is 62.4 Å². The number of benzene rings is 1. The first-order valence-corrected chi connectivity index (χ1v) is 9.69. The fraction of sp³-hybridized carbons (Fsp3) is 0.700. The van der Waals surface area contributed by atoms with E-state index in [1.54, 1.807) is 0 Å². The number of likely N-dealkylation sites (tertiary alicyclic amines) is 1. The smallest absolute Gasteiger partial charge is 0.0962 e. The van der Waals surface area contributed by atoms with Crippen LogP contribution < -0.4 is 0 Å². The molecule has 1 aromatic carbocycles. The summed E-state index contributed by atoms with van der Waals surface area (Å²) >= 11 is 6.07. The van der Waals surface area contributed by atoms with Gasteiger partial charge in [-0.2, -0.15) is 0 Å². The molecule has 0 aromatic heterocycles. The molecule has 2 aliphatic rings. The van der Waals surface area contributed by atoms with Crippen molar-refractivity contribution in [1.29, 1.82) is 0 Å². The van der Waals surface area contributed by atoms with Gasteiger partial charge in [-0.15, -0.1) is 0 Å². The maximum absolute atomic E-state index is 11.9. The fourth-order valence-corrected chi connectivity index (χ4v) is 4.80. The molecule has 2 nitrogen and oxygen atoms in total. The number of rotatable bonds is 5. The Morgan fingerprint density at radius 3 is 2.30 bits per heavy atom. The first-order chi connectivity index (χ1) is 11.1. The van der Waals surface area contributed by atoms with Gasteiger partial charge >= 0.3 is 0 Å². The minimum absolute atomic E-state index is 0.241. The van der Waals surface area contributed by atoms with Crippen molar-refractivity contribution in [2.75, 3.05) is 19.6 Å². The van der Waals surface area contributed by atoms with Gasteiger partial charge in [-0.3, -0.25) is 0 Å². The first kappa shape index (κ1) is 17.3. The van der Waals surface area contributed by atoms with E-state index in [1.807, 2.05) is 24.3 Å². The Kier molecular flexibility index (Phi) is 5.66. The van der Waals surface area contributed by atoms with Gasteiger partial charge in [0.25, 0.3) is 0 Å². The zero-order valence-corrected chi connectivity index (χ0v) is 15.1. The molecule has 0 unspecified atom stereocenters. The topological polar surface area (TPSA) is 23.5 Å². The zero-order valence-electron chi connectivity index (χ0n) is 14.3. The predicted molar refractivity (Wildman–Crippen MR) is 96.8 cm³/mol. The molecule has 1 N–H and O–H groups in total. The largest absolute Gasteiger partial charge is 0.385 e. The zero-order chi connectivity index (χ0) is 16.3. The van der Waals surface area contributed by atoms with Crippen molar-refractivity contribution in [3.63, 3.8) is 0 Å². The lowest BCUT2D eigenvalue weighted by Gasteiger charge is -2.44. The maximum atomic E-state index is 11.9. The highest BCUT2D eigenvalue weighted by Crippen LogP contribution is 2.44. The highest BCUT2D eigenvalue weighted by molar-refractivity contribution is 6.30. The van der Waals surface area contributed by atoms with Crippen molar-refractivity contribution in [1.82, 2.24) is 4.90 Å². The molecule has 0 radical (unpaired) electrons. The van der Waals surface area contributed by atoms with Crippen LogP contribution in [0.5, 0.6) is 0 Å². The third kappa shape index (κ3) is 3.75. The molecular formula is C20H30ClNO. The maximum Gasteiger partial charge on any atom is 0.0962 e. The lowest BCUT2D eigenvalue weighted by Crippen LogP contribution is -2.46. The molecule has 23 heavy (non-hydrogen) atoms. The molecule has 1 aliphatic heterocycles. The summed E-state index contributed by atoms with van der Waals surface area (Å²) < 4.78 is 0. The Morgan fingerprint density at radius 2 is 1.70 bits per heavy atom. The van der Waals surface area contributed by atoms with Crippen LogP contribution >= 0.6 is 11.6 Å². The fourth-order valence-electron chi connectivity index (χ4n) is 4.67. The monoisotopic (exact) mass is 335 g/mol. The summed E-state index contributed by atoms with van der Waals surface area (Å²) in [4.78, 5) is 2.52. The highest BCUT2D eigenvalue weighted by Gasteiger charge is 2.43. The van der Waals surface area contributed by atoms with Crippen LogP contribution in [-0.2, 0) is 5.60 Å². The molecule has 0 spiro atoms. The van der Waals surface area contributed by atoms with E-state index in [1.165, 1.54) is 45.2 Å². The van der Waals surface area contributed by atoms with Crippen molar-refractivity contribution in [2.45, 2.75) is 57.5 Å². The molecule has 2 atom stereocenters. The van der Waals surface area contributed by atoms with Gasteiger partial charge in [0, 0.05) is 17.5 Å². The second kappa shape index (κ2) is 7.55. The van der Waals surface area contributed by atoms with E-state index >= 15 is 0 Å². The third-order valence-corrected chi connectivity index (χ3v) is 6.27. The molecular weight excluding hydrogens is 306 g/mol. The van der Waals surface area contributed by atoms with Crippen molar-refractivity contribution < 1.29 is 5.11 Å². The Hall–Kier alpha value is -0.570. The van der Waals surface area contributed by atoms with E-state index in [9.17, 15) is 5.11 Å². The molecule has 1 saturated carbocycles. The minimum atomic E-state index is -0.729. The van der Waals surface area contributed by atoms with E-state index in [2.05, 4.69) is 11.8 Å². The summed E-state index contributed by atoms with van der Waals surface area (Å²) in [5.74, 6) is 0.611. The van der Waals surface area contributed by atoms with Gasteiger partial charge in [0.1, 0.15) is 0 Å². The van der Waals surface area contributed by atoms with Gasteiger partial charge in [0.2, 0.25) is 0 Å². The second-order valence-corrected chi connectivity index (χ2v) is 8.01. The summed E-state index contributed by atoms with van der Waals surface area (Å²) in [7, 11) is 0. The standard InChI is InChI=1S/C20H30ClNO/c1-16(15-22-13-5-6-14-22)20(23,17-7-3-2-4-8-17)18-9-11-19(21)12-10-18/h9-12,16-17,23H,2-8,13-15H2,1H3/t16-,20-/m0/s1. The molecule has 1 aliphatic carbocycles. The highest BCUT2D eigenvalue weighted by atomic mass is 35.5. The number of aliphatic hydroxyl groups is 1. The number of hydrogen-bond acceptors (Lipinski definition) is 2. The lowest BCUT2D eigenvalue weighted by molar-refractivity contribution is -0.0896. The van der Waals surface area contributed by atoms with Gasteiger partial charge < -0.3 is 10.0 Å². The van der Waals surface area contributed by atoms with Crippen LogP contribution in [0.25, 0.3) is 0 Å². The SMILES string of the molecule is C[C@@H](CN1CCCC1)[C@@](O)(c1ccc(Cl)cc1)C1CCCCC1. The van der Waals surface area contributed by atoms with Crippen LogP contribution in [-0.4, -0.2) is 29.6 Å². The minimum Gasteiger partial charge on any atom is -0.385 e. The number of nitrogens with zero attached hydrogens (tertiary/aromatic N) is 1. The normalized spacial score (nSPS) is 24.5. The van der Waals surface area contributed by atoms with E-state index in [0.29, 0.717) is 5.92 Å². The van der Waals surface area contributed by atoms with E-state index < -0.39 is 5.60 Å². The van der Waals surface area contributed by atoms with Gasteiger partial charge in [0.05, 0.1) is 5.60 Å². The Bertz CT molecular complexity index is 491. The van der Waals surface area contributed by atoms with Crippen LogP contribution in [0.1, 0.15) is 57.4 Å². The molecule has 3 rings (SSSR count). The van der Waals surface area contributed by atoms with Crippen LogP contribution in [0.3, 0.4) is 0 Å². The van der Waals surface area contributed by atoms with Crippen molar-refractivity contribution in [3.8, 4) is 0 Å².